The first-order valence-electron chi connectivity index (χ1n) is 19.3. The molecule has 0 bridgehead atoms. The Labute approximate surface area is 339 Å². The molecule has 2 aromatic carbocycles. The standard InChI is InChI=1S/C38H51N7O7.C2HF3O2/c1-5-11-28(43-31(46)21-42-36(50)29(20-22(2)3)44-35(49)23(4)39)38(52)45-19-9-16-30(45)37(51)41-18-10-17-40-27-15-8-14-26-32(27)34(48)25-13-7-6-12-24(25)33(26)47;3-2(4,5)1(6)7/h6-8,12-15,22-23,28-30,40H,5,9-11,16-21,39H2,1-4H3,(H,41,51)(H,42,50)(H,43,46)(H,44,49);(H,6,7)/t23-,28-,29-,30-;/m0./s1. The Hall–Kier alpha value is -5.85. The summed E-state index contributed by atoms with van der Waals surface area (Å²) in [6, 6.07) is 8.67. The second-order valence-electron chi connectivity index (χ2n) is 14.6. The fourth-order valence-corrected chi connectivity index (χ4v) is 6.52. The van der Waals surface area contributed by atoms with Crippen LogP contribution in [0.3, 0.4) is 0 Å². The van der Waals surface area contributed by atoms with E-state index in [0.29, 0.717) is 86.1 Å². The molecule has 0 aromatic heterocycles. The van der Waals surface area contributed by atoms with Crippen LogP contribution in [-0.2, 0) is 28.8 Å². The van der Waals surface area contributed by atoms with Crippen molar-refractivity contribution in [2.24, 2.45) is 11.7 Å². The topological polar surface area (TPSA) is 246 Å². The van der Waals surface area contributed by atoms with Crippen molar-refractivity contribution in [2.75, 3.05) is 31.5 Å². The van der Waals surface area contributed by atoms with Gasteiger partial charge in [-0.05, 0) is 51.0 Å². The Morgan fingerprint density at radius 1 is 0.864 bits per heavy atom. The molecule has 1 aliphatic heterocycles. The largest absolute Gasteiger partial charge is 0.490 e. The maximum absolute atomic E-state index is 13.6. The number of carbonyl (C=O) groups excluding carboxylic acids is 7. The molecule has 59 heavy (non-hydrogen) atoms. The number of rotatable bonds is 17. The maximum atomic E-state index is 13.6. The molecule has 322 valence electrons. The van der Waals surface area contributed by atoms with E-state index in [4.69, 9.17) is 15.6 Å². The number of carboxylic acid groups (broad SMARTS) is 1. The van der Waals surface area contributed by atoms with Gasteiger partial charge < -0.3 is 42.3 Å². The van der Waals surface area contributed by atoms with Crippen LogP contribution >= 0.6 is 0 Å². The fraction of sp³-hybridized carbons (Fsp3) is 0.500. The Bertz CT molecular complexity index is 1890. The van der Waals surface area contributed by atoms with Crippen LogP contribution in [-0.4, -0.2) is 114 Å². The lowest BCUT2D eigenvalue weighted by molar-refractivity contribution is -0.192. The molecule has 0 radical (unpaired) electrons. The summed E-state index contributed by atoms with van der Waals surface area (Å²) >= 11 is 0. The highest BCUT2D eigenvalue weighted by Crippen LogP contribution is 2.32. The van der Waals surface area contributed by atoms with Gasteiger partial charge in [0.25, 0.3) is 0 Å². The van der Waals surface area contributed by atoms with E-state index in [0.717, 1.165) is 0 Å². The first-order valence-corrected chi connectivity index (χ1v) is 19.3. The van der Waals surface area contributed by atoms with Gasteiger partial charge in [0.15, 0.2) is 11.6 Å². The van der Waals surface area contributed by atoms with E-state index >= 15 is 0 Å². The van der Waals surface area contributed by atoms with Gasteiger partial charge in [-0.2, -0.15) is 13.2 Å². The third kappa shape index (κ3) is 13.3. The molecule has 0 spiro atoms. The minimum absolute atomic E-state index is 0.0885. The van der Waals surface area contributed by atoms with Crippen LogP contribution in [0.15, 0.2) is 42.5 Å². The molecule has 16 nitrogen and oxygen atoms in total. The SMILES string of the molecule is CCC[C@H](NC(=O)CNC(=O)[C@H](CC(C)C)NC(=O)[C@H](C)N)C(=O)N1CCC[C@H]1C(=O)NCCCNc1cccc2c1C(=O)c1ccccc1C2=O.O=C(O)C(F)(F)F. The molecule has 0 unspecified atom stereocenters. The molecule has 4 rings (SSSR count). The molecule has 1 aliphatic carbocycles. The number of likely N-dealkylation sites (tertiary alicyclic amines) is 1. The molecule has 0 saturated carbocycles. The number of hydrogen-bond acceptors (Lipinski definition) is 10. The molecule has 8 N–H and O–H groups in total. The molecule has 5 amide bonds. The van der Waals surface area contributed by atoms with Crippen LogP contribution in [0, 0.1) is 5.92 Å². The summed E-state index contributed by atoms with van der Waals surface area (Å²) in [7, 11) is 0. The van der Waals surface area contributed by atoms with E-state index in [-0.39, 0.29) is 29.3 Å². The van der Waals surface area contributed by atoms with Crippen molar-refractivity contribution in [1.29, 1.82) is 0 Å². The van der Waals surface area contributed by atoms with Crippen LogP contribution in [0.2, 0.25) is 0 Å². The first-order chi connectivity index (χ1) is 27.8. The summed E-state index contributed by atoms with van der Waals surface area (Å²) in [6.45, 7) is 7.91. The average Bonchev–Trinajstić information content (AvgIpc) is 3.68. The Morgan fingerprint density at radius 3 is 2.08 bits per heavy atom. The van der Waals surface area contributed by atoms with Gasteiger partial charge in [0.1, 0.15) is 18.1 Å². The Morgan fingerprint density at radius 2 is 1.49 bits per heavy atom. The summed E-state index contributed by atoms with van der Waals surface area (Å²) in [4.78, 5) is 101. The first kappa shape index (κ1) is 47.5. The van der Waals surface area contributed by atoms with E-state index < -0.39 is 60.6 Å². The van der Waals surface area contributed by atoms with E-state index in [2.05, 4.69) is 26.6 Å². The average molecular weight is 832 g/mol. The molecule has 4 atom stereocenters. The van der Waals surface area contributed by atoms with Gasteiger partial charge >= 0.3 is 12.1 Å². The Balaban J connectivity index is 0.00000122. The van der Waals surface area contributed by atoms with E-state index in [1.165, 1.54) is 11.8 Å². The molecule has 1 saturated heterocycles. The lowest BCUT2D eigenvalue weighted by Gasteiger charge is -2.29. The number of benzene rings is 2. The predicted octanol–water partition coefficient (Wildman–Crippen LogP) is 2.28. The van der Waals surface area contributed by atoms with Crippen LogP contribution in [0.5, 0.6) is 0 Å². The number of carboxylic acids is 1. The number of fused-ring (bicyclic) bond motifs is 2. The molecule has 2 aromatic rings. The zero-order chi connectivity index (χ0) is 44.0. The third-order valence-corrected chi connectivity index (χ3v) is 9.39. The van der Waals surface area contributed by atoms with Crippen LogP contribution < -0.4 is 32.3 Å². The summed E-state index contributed by atoms with van der Waals surface area (Å²) in [5.74, 6) is -5.31. The number of ketones is 2. The number of halogens is 3. The second kappa shape index (κ2) is 21.8. The summed E-state index contributed by atoms with van der Waals surface area (Å²) in [5.41, 5.74) is 7.65. The lowest BCUT2D eigenvalue weighted by atomic mass is 9.83. The lowest BCUT2D eigenvalue weighted by Crippen LogP contribution is -2.55. The fourth-order valence-electron chi connectivity index (χ4n) is 6.52. The van der Waals surface area contributed by atoms with Gasteiger partial charge in [0, 0.05) is 42.0 Å². The van der Waals surface area contributed by atoms with Crippen molar-refractivity contribution in [3.63, 3.8) is 0 Å². The van der Waals surface area contributed by atoms with E-state index in [1.807, 2.05) is 20.8 Å². The monoisotopic (exact) mass is 831 g/mol. The van der Waals surface area contributed by atoms with Crippen molar-refractivity contribution >= 4 is 52.8 Å². The number of nitrogens with one attached hydrogen (secondary N) is 5. The smallest absolute Gasteiger partial charge is 0.475 e. The third-order valence-electron chi connectivity index (χ3n) is 9.39. The molecule has 1 fully saturated rings. The highest BCUT2D eigenvalue weighted by molar-refractivity contribution is 6.30. The van der Waals surface area contributed by atoms with Crippen molar-refractivity contribution in [3.05, 3.63) is 64.7 Å². The molecule has 2 aliphatic rings. The summed E-state index contributed by atoms with van der Waals surface area (Å²) in [6.07, 6.45) is -2.16. The number of nitrogens with zero attached hydrogens (tertiary/aromatic N) is 1. The van der Waals surface area contributed by atoms with Crippen LogP contribution in [0.1, 0.15) is 98.1 Å². The van der Waals surface area contributed by atoms with E-state index in [1.54, 1.807) is 42.5 Å². The molecule has 1 heterocycles. The number of hydrogen-bond donors (Lipinski definition) is 7. The summed E-state index contributed by atoms with van der Waals surface area (Å²) in [5, 5.41) is 21.2. The number of amides is 5. The Kier molecular flexibility index (Phi) is 17.5. The number of nitrogens with two attached hydrogens (primary N) is 1. The van der Waals surface area contributed by atoms with Gasteiger partial charge in [-0.3, -0.25) is 33.6 Å². The highest BCUT2D eigenvalue weighted by atomic mass is 19.4. The number of aliphatic carboxylic acids is 1. The minimum Gasteiger partial charge on any atom is -0.475 e. The van der Waals surface area contributed by atoms with Crippen molar-refractivity contribution in [3.8, 4) is 0 Å². The second-order valence-corrected chi connectivity index (χ2v) is 14.6. The zero-order valence-electron chi connectivity index (χ0n) is 33.4. The van der Waals surface area contributed by atoms with Gasteiger partial charge in [0.05, 0.1) is 18.2 Å². The number of alkyl halides is 3. The van der Waals surface area contributed by atoms with Crippen LogP contribution in [0.4, 0.5) is 18.9 Å². The number of anilines is 1. The molecule has 19 heteroatoms. The zero-order valence-corrected chi connectivity index (χ0v) is 33.4. The van der Waals surface area contributed by atoms with Gasteiger partial charge in [-0.25, -0.2) is 4.79 Å². The summed E-state index contributed by atoms with van der Waals surface area (Å²) < 4.78 is 31.7. The highest BCUT2D eigenvalue weighted by Gasteiger charge is 2.39. The van der Waals surface area contributed by atoms with Crippen LogP contribution in [0.25, 0.3) is 0 Å². The normalized spacial score (nSPS) is 16.0. The molecular formula is C40H52F3N7O9. The van der Waals surface area contributed by atoms with E-state index in [9.17, 15) is 46.7 Å². The van der Waals surface area contributed by atoms with Gasteiger partial charge in [-0.15, -0.1) is 0 Å². The quantitative estimate of drug-likeness (QED) is 0.0973. The van der Waals surface area contributed by atoms with Gasteiger partial charge in [-0.1, -0.05) is 63.6 Å². The van der Waals surface area contributed by atoms with Crippen molar-refractivity contribution in [2.45, 2.75) is 96.6 Å². The van der Waals surface area contributed by atoms with Crippen molar-refractivity contribution in [1.82, 2.24) is 26.2 Å². The molecular weight excluding hydrogens is 779 g/mol. The van der Waals surface area contributed by atoms with Gasteiger partial charge in [0.2, 0.25) is 29.5 Å². The maximum Gasteiger partial charge on any atom is 0.490 e. The predicted molar refractivity (Wildman–Crippen MR) is 209 cm³/mol. The number of carbonyl (C=O) groups is 8. The van der Waals surface area contributed by atoms with Crippen molar-refractivity contribution < 1.29 is 56.6 Å². The minimum atomic E-state index is -5.08.